The van der Waals surface area contributed by atoms with Crippen LogP contribution in [0.2, 0.25) is 23.0 Å². The molecule has 0 amide bonds. The fraction of sp³-hybridized carbons (Fsp3) is 0.250. The molecular weight excluding hydrogens is 481 g/mol. The average molecular weight is 503 g/mol. The van der Waals surface area contributed by atoms with E-state index in [1.165, 1.54) is 8.79 Å². The van der Waals surface area contributed by atoms with Crippen molar-refractivity contribution < 1.29 is 0 Å². The maximum atomic E-state index is 5.44. The summed E-state index contributed by atoms with van der Waals surface area (Å²) < 4.78 is 2.99. The topological polar surface area (TPSA) is 0 Å². The second-order valence-corrected chi connectivity index (χ2v) is 22.8. The fourth-order valence-electron chi connectivity index (χ4n) is 1.21. The van der Waals surface area contributed by atoms with Gasteiger partial charge in [0.25, 0.3) is 0 Å². The fourth-order valence-corrected chi connectivity index (χ4v) is 3.42. The van der Waals surface area contributed by atoms with Gasteiger partial charge in [-0.3, -0.25) is 0 Å². The summed E-state index contributed by atoms with van der Waals surface area (Å²) in [5.74, 6) is 8.40. The minimum absolute atomic E-state index is 0.108. The van der Waals surface area contributed by atoms with Crippen molar-refractivity contribution in [3.8, 4) is 0 Å². The van der Waals surface area contributed by atoms with E-state index in [0.717, 1.165) is 0 Å². The van der Waals surface area contributed by atoms with Crippen LogP contribution in [0.5, 0.6) is 0 Å². The van der Waals surface area contributed by atoms with Crippen molar-refractivity contribution in [1.29, 1.82) is 0 Å². The molecule has 5 heteroatoms. The molecule has 0 nitrogen and oxygen atoms in total. The molecular formula is C16H22Cl2Ge3. The van der Waals surface area contributed by atoms with Crippen LogP contribution in [0.25, 0.3) is 0 Å². The van der Waals surface area contributed by atoms with Crippen LogP contribution in [-0.2, 0) is 0 Å². The second-order valence-electron chi connectivity index (χ2n) is 4.61. The van der Waals surface area contributed by atoms with E-state index in [4.69, 9.17) is 20.0 Å². The molecule has 2 aromatic carbocycles. The van der Waals surface area contributed by atoms with E-state index in [0.29, 0.717) is 0 Å². The molecule has 0 aliphatic rings. The van der Waals surface area contributed by atoms with Crippen molar-refractivity contribution in [1.82, 2.24) is 0 Å². The van der Waals surface area contributed by atoms with Crippen LogP contribution in [-0.4, -0.2) is 42.3 Å². The molecule has 21 heavy (non-hydrogen) atoms. The number of rotatable bonds is 2. The number of hydrogen-bond donors (Lipinski definition) is 0. The first-order valence-electron chi connectivity index (χ1n) is 6.70. The van der Waals surface area contributed by atoms with E-state index in [2.05, 4.69) is 83.7 Å². The van der Waals surface area contributed by atoms with E-state index in [9.17, 15) is 0 Å². The zero-order valence-corrected chi connectivity index (χ0v) is 20.8. The van der Waals surface area contributed by atoms with Crippen LogP contribution in [0.3, 0.4) is 0 Å². The van der Waals surface area contributed by atoms with Gasteiger partial charge < -0.3 is 0 Å². The molecule has 0 saturated heterocycles. The van der Waals surface area contributed by atoms with Crippen LogP contribution < -0.4 is 8.79 Å². The molecule has 0 unspecified atom stereocenters. The number of benzene rings is 2. The number of hydrogen-bond acceptors (Lipinski definition) is 0. The molecule has 4 radical (unpaired) electrons. The molecule has 0 aromatic heterocycles. The Labute approximate surface area is 153 Å². The van der Waals surface area contributed by atoms with Gasteiger partial charge in [0.05, 0.1) is 0 Å². The molecule has 0 atom stereocenters. The van der Waals surface area contributed by atoms with E-state index >= 15 is 0 Å². The molecule has 0 fully saturated rings. The van der Waals surface area contributed by atoms with Gasteiger partial charge in [-0.25, -0.2) is 0 Å². The second kappa shape index (κ2) is 14.3. The third-order valence-electron chi connectivity index (χ3n) is 1.84. The zero-order chi connectivity index (χ0) is 16.1. The summed E-state index contributed by atoms with van der Waals surface area (Å²) in [6, 6.07) is 21.5. The zero-order valence-electron chi connectivity index (χ0n) is 13.0. The Bertz CT molecular complexity index is 399. The van der Waals surface area contributed by atoms with Crippen molar-refractivity contribution in [2.24, 2.45) is 0 Å². The SMILES string of the molecule is [CH3][Ge]([CH3])[Cl].[CH3][Ge]([CH3])[Cl].c1cc[c]([Ge][c]2ccccc2)cc1. The Balaban J connectivity index is 0.000000421. The Morgan fingerprint density at radius 2 is 0.857 bits per heavy atom. The van der Waals surface area contributed by atoms with Crippen molar-refractivity contribution >= 4 is 71.1 Å². The van der Waals surface area contributed by atoms with E-state index in [1.807, 2.05) is 0 Å². The van der Waals surface area contributed by atoms with Gasteiger partial charge in [-0.2, -0.15) is 0 Å². The van der Waals surface area contributed by atoms with Gasteiger partial charge in [0.15, 0.2) is 0 Å². The first-order valence-corrected chi connectivity index (χ1v) is 22.7. The van der Waals surface area contributed by atoms with Crippen LogP contribution in [0.1, 0.15) is 0 Å². The van der Waals surface area contributed by atoms with E-state index in [1.54, 1.807) is 0 Å². The molecule has 0 saturated carbocycles. The van der Waals surface area contributed by atoms with E-state index in [-0.39, 0.29) is 15.4 Å². The number of halogens is 2. The molecule has 0 bridgehead atoms. The van der Waals surface area contributed by atoms with Gasteiger partial charge in [0.2, 0.25) is 0 Å². The third-order valence-corrected chi connectivity index (χ3v) is 4.45. The summed E-state index contributed by atoms with van der Waals surface area (Å²) >= 11 is -1.83. The molecule has 112 valence electrons. The van der Waals surface area contributed by atoms with Gasteiger partial charge >= 0.3 is 155 Å². The molecule has 0 aliphatic carbocycles. The van der Waals surface area contributed by atoms with Crippen LogP contribution in [0, 0.1) is 0 Å². The predicted octanol–water partition coefficient (Wildman–Crippen LogP) is 4.29. The molecule has 0 spiro atoms. The van der Waals surface area contributed by atoms with Crippen molar-refractivity contribution in [2.75, 3.05) is 0 Å². The molecule has 2 aromatic rings. The first kappa shape index (κ1) is 21.6. The van der Waals surface area contributed by atoms with Crippen molar-refractivity contribution in [3.05, 3.63) is 60.7 Å². The molecule has 0 heterocycles. The van der Waals surface area contributed by atoms with Crippen LogP contribution >= 0.6 is 20.0 Å². The standard InChI is InChI=1S/C12H10Ge.2C2H6ClGe/c1-3-7-11(8-4-1)13-12-9-5-2-6-10-12;2*1-4(2)3/h1-10H;2*1-2H3. The Kier molecular flexibility index (Phi) is 14.7. The summed E-state index contributed by atoms with van der Waals surface area (Å²) in [6.45, 7) is 0. The summed E-state index contributed by atoms with van der Waals surface area (Å²) in [7, 11) is 10.9. The summed E-state index contributed by atoms with van der Waals surface area (Å²) in [5, 5.41) is 0. The van der Waals surface area contributed by atoms with Gasteiger partial charge in [-0.15, -0.1) is 0 Å². The van der Waals surface area contributed by atoms with Crippen molar-refractivity contribution in [3.63, 3.8) is 0 Å². The summed E-state index contributed by atoms with van der Waals surface area (Å²) in [5.41, 5.74) is 0. The monoisotopic (exact) mass is 506 g/mol. The summed E-state index contributed by atoms with van der Waals surface area (Å²) in [6.07, 6.45) is 0. The molecule has 2 rings (SSSR count). The minimum atomic E-state index is -0.861. The quantitative estimate of drug-likeness (QED) is 0.537. The van der Waals surface area contributed by atoms with Crippen molar-refractivity contribution in [2.45, 2.75) is 23.0 Å². The van der Waals surface area contributed by atoms with Gasteiger partial charge in [-0.05, 0) is 0 Å². The van der Waals surface area contributed by atoms with E-state index < -0.39 is 26.8 Å². The van der Waals surface area contributed by atoms with Gasteiger partial charge in [0.1, 0.15) is 0 Å². The average Bonchev–Trinajstić information content (AvgIpc) is 2.40. The molecule has 0 aliphatic heterocycles. The molecule has 0 N–H and O–H groups in total. The van der Waals surface area contributed by atoms with Crippen LogP contribution in [0.4, 0.5) is 0 Å². The first-order chi connectivity index (χ1) is 9.91. The van der Waals surface area contributed by atoms with Crippen LogP contribution in [0.15, 0.2) is 60.7 Å². The normalized spacial score (nSPS) is 9.52. The predicted molar refractivity (Wildman–Crippen MR) is 105 cm³/mol. The van der Waals surface area contributed by atoms with Gasteiger partial charge in [-0.1, -0.05) is 0 Å². The Morgan fingerprint density at radius 1 is 0.619 bits per heavy atom. The maximum absolute atomic E-state index is 5.44. The van der Waals surface area contributed by atoms with Gasteiger partial charge in [0, 0.05) is 0 Å². The third kappa shape index (κ3) is 16.8. The Morgan fingerprint density at radius 3 is 1.10 bits per heavy atom. The Hall–Kier alpha value is 0.649. The summed E-state index contributed by atoms with van der Waals surface area (Å²) in [4.78, 5) is 0.